The van der Waals surface area contributed by atoms with Crippen LogP contribution in [0.4, 0.5) is 0 Å². The number of piperazine rings is 1. The van der Waals surface area contributed by atoms with Gasteiger partial charge in [0.15, 0.2) is 0 Å². The second-order valence-electron chi connectivity index (χ2n) is 6.80. The second kappa shape index (κ2) is 8.74. The summed E-state index contributed by atoms with van der Waals surface area (Å²) in [5.41, 5.74) is 5.68. The standard InChI is InChI=1S/C17H33N3O/c1-2-5-15(9-10-18)7-8-17(21)20-13-12-19-11-4-3-6-16(19)14-20/h15-16H,2-14,18H2,1H3. The molecule has 4 nitrogen and oxygen atoms in total. The first-order valence-corrected chi connectivity index (χ1v) is 8.96. The van der Waals surface area contributed by atoms with Gasteiger partial charge in [0.05, 0.1) is 0 Å². The summed E-state index contributed by atoms with van der Waals surface area (Å²) < 4.78 is 0. The molecule has 2 saturated heterocycles. The van der Waals surface area contributed by atoms with Crippen molar-refractivity contribution in [2.24, 2.45) is 11.7 Å². The molecular formula is C17H33N3O. The molecule has 4 heteroatoms. The van der Waals surface area contributed by atoms with E-state index in [4.69, 9.17) is 5.73 Å². The number of rotatable bonds is 7. The summed E-state index contributed by atoms with van der Waals surface area (Å²) in [7, 11) is 0. The fourth-order valence-electron chi connectivity index (χ4n) is 3.95. The zero-order valence-corrected chi connectivity index (χ0v) is 13.7. The van der Waals surface area contributed by atoms with E-state index in [1.54, 1.807) is 0 Å². The van der Waals surface area contributed by atoms with Crippen molar-refractivity contribution < 1.29 is 4.79 Å². The predicted molar refractivity (Wildman–Crippen MR) is 87.1 cm³/mol. The van der Waals surface area contributed by atoms with Crippen LogP contribution in [0.5, 0.6) is 0 Å². The van der Waals surface area contributed by atoms with Crippen LogP contribution in [0.1, 0.15) is 58.3 Å². The van der Waals surface area contributed by atoms with Crippen molar-refractivity contribution in [1.82, 2.24) is 9.80 Å². The number of hydrogen-bond acceptors (Lipinski definition) is 3. The molecule has 0 bridgehead atoms. The van der Waals surface area contributed by atoms with Crippen LogP contribution in [-0.2, 0) is 4.79 Å². The molecule has 2 aliphatic heterocycles. The normalized spacial score (nSPS) is 24.7. The van der Waals surface area contributed by atoms with Crippen molar-refractivity contribution in [2.45, 2.75) is 64.3 Å². The van der Waals surface area contributed by atoms with Crippen LogP contribution < -0.4 is 5.73 Å². The largest absolute Gasteiger partial charge is 0.340 e. The van der Waals surface area contributed by atoms with E-state index in [9.17, 15) is 4.79 Å². The molecule has 0 spiro atoms. The van der Waals surface area contributed by atoms with Gasteiger partial charge >= 0.3 is 0 Å². The van der Waals surface area contributed by atoms with Gasteiger partial charge in [-0.15, -0.1) is 0 Å². The van der Waals surface area contributed by atoms with E-state index >= 15 is 0 Å². The molecule has 0 radical (unpaired) electrons. The predicted octanol–water partition coefficient (Wildman–Crippen LogP) is 2.23. The average Bonchev–Trinajstić information content (AvgIpc) is 2.52. The Morgan fingerprint density at radius 1 is 1.19 bits per heavy atom. The van der Waals surface area contributed by atoms with Crippen molar-refractivity contribution in [3.05, 3.63) is 0 Å². The van der Waals surface area contributed by atoms with Gasteiger partial charge in [-0.25, -0.2) is 0 Å². The average molecular weight is 295 g/mol. The highest BCUT2D eigenvalue weighted by molar-refractivity contribution is 5.76. The van der Waals surface area contributed by atoms with Gasteiger partial charge in [-0.2, -0.15) is 0 Å². The topological polar surface area (TPSA) is 49.6 Å². The Hall–Kier alpha value is -0.610. The van der Waals surface area contributed by atoms with E-state index in [0.29, 0.717) is 17.9 Å². The van der Waals surface area contributed by atoms with Gasteiger partial charge < -0.3 is 10.6 Å². The molecule has 0 aliphatic carbocycles. The van der Waals surface area contributed by atoms with Crippen LogP contribution in [0.15, 0.2) is 0 Å². The number of carbonyl (C=O) groups excluding carboxylic acids is 1. The highest BCUT2D eigenvalue weighted by Crippen LogP contribution is 2.23. The third kappa shape index (κ3) is 4.96. The number of amides is 1. The summed E-state index contributed by atoms with van der Waals surface area (Å²) in [5, 5.41) is 0. The molecule has 0 aromatic carbocycles. The minimum Gasteiger partial charge on any atom is -0.340 e. The minimum atomic E-state index is 0.373. The lowest BCUT2D eigenvalue weighted by molar-refractivity contribution is -0.135. The molecule has 2 rings (SSSR count). The Morgan fingerprint density at radius 2 is 2.05 bits per heavy atom. The molecule has 2 unspecified atom stereocenters. The highest BCUT2D eigenvalue weighted by atomic mass is 16.2. The number of hydrogen-bond donors (Lipinski definition) is 1. The summed E-state index contributed by atoms with van der Waals surface area (Å²) in [6.45, 7) is 7.19. The Balaban J connectivity index is 1.75. The van der Waals surface area contributed by atoms with Crippen molar-refractivity contribution >= 4 is 5.91 Å². The summed E-state index contributed by atoms with van der Waals surface area (Å²) in [6.07, 6.45) is 9.15. The van der Waals surface area contributed by atoms with Crippen molar-refractivity contribution in [3.63, 3.8) is 0 Å². The Bertz CT molecular complexity index is 315. The van der Waals surface area contributed by atoms with Gasteiger partial charge in [-0.05, 0) is 44.7 Å². The summed E-state index contributed by atoms with van der Waals surface area (Å²) in [6, 6.07) is 0.631. The maximum atomic E-state index is 12.5. The lowest BCUT2D eigenvalue weighted by Gasteiger charge is -2.44. The minimum absolute atomic E-state index is 0.373. The van der Waals surface area contributed by atoms with Gasteiger partial charge in [0, 0.05) is 32.1 Å². The monoisotopic (exact) mass is 295 g/mol. The molecule has 0 aromatic heterocycles. The Labute approximate surface area is 130 Å². The number of nitrogens with two attached hydrogens (primary N) is 1. The number of fused-ring (bicyclic) bond motifs is 1. The number of carbonyl (C=O) groups is 1. The SMILES string of the molecule is CCCC(CCN)CCC(=O)N1CCN2CCCCC2C1. The van der Waals surface area contributed by atoms with Crippen LogP contribution in [-0.4, -0.2) is 54.5 Å². The van der Waals surface area contributed by atoms with Crippen molar-refractivity contribution in [3.8, 4) is 0 Å². The van der Waals surface area contributed by atoms with Gasteiger partial charge in [0.25, 0.3) is 0 Å². The molecule has 2 atom stereocenters. The smallest absolute Gasteiger partial charge is 0.222 e. The molecule has 2 N–H and O–H groups in total. The zero-order valence-electron chi connectivity index (χ0n) is 13.7. The van der Waals surface area contributed by atoms with E-state index in [0.717, 1.165) is 45.4 Å². The fraction of sp³-hybridized carbons (Fsp3) is 0.941. The molecule has 2 aliphatic rings. The van der Waals surface area contributed by atoms with Crippen molar-refractivity contribution in [1.29, 1.82) is 0 Å². The highest BCUT2D eigenvalue weighted by Gasteiger charge is 2.30. The summed E-state index contributed by atoms with van der Waals surface area (Å²) >= 11 is 0. The van der Waals surface area contributed by atoms with E-state index in [2.05, 4.69) is 16.7 Å². The van der Waals surface area contributed by atoms with E-state index in [-0.39, 0.29) is 0 Å². The van der Waals surface area contributed by atoms with E-state index in [1.165, 1.54) is 38.6 Å². The van der Waals surface area contributed by atoms with Crippen LogP contribution in [0, 0.1) is 5.92 Å². The Morgan fingerprint density at radius 3 is 2.81 bits per heavy atom. The quantitative estimate of drug-likeness (QED) is 0.783. The van der Waals surface area contributed by atoms with Gasteiger partial charge in [0.1, 0.15) is 0 Å². The van der Waals surface area contributed by atoms with Gasteiger partial charge in [0.2, 0.25) is 5.91 Å². The first-order chi connectivity index (χ1) is 10.2. The molecule has 2 fully saturated rings. The molecule has 21 heavy (non-hydrogen) atoms. The number of nitrogens with zero attached hydrogens (tertiary/aromatic N) is 2. The Kier molecular flexibility index (Phi) is 6.97. The lowest BCUT2D eigenvalue weighted by Crippen LogP contribution is -2.56. The van der Waals surface area contributed by atoms with Crippen molar-refractivity contribution in [2.75, 3.05) is 32.7 Å². The fourth-order valence-corrected chi connectivity index (χ4v) is 3.95. The summed E-state index contributed by atoms with van der Waals surface area (Å²) in [5.74, 6) is 1.01. The van der Waals surface area contributed by atoms with Gasteiger partial charge in [-0.3, -0.25) is 9.69 Å². The third-order valence-corrected chi connectivity index (χ3v) is 5.23. The summed E-state index contributed by atoms with van der Waals surface area (Å²) in [4.78, 5) is 17.2. The molecule has 2 heterocycles. The number of piperidine rings is 1. The van der Waals surface area contributed by atoms with Crippen LogP contribution >= 0.6 is 0 Å². The molecule has 122 valence electrons. The van der Waals surface area contributed by atoms with Gasteiger partial charge in [-0.1, -0.05) is 26.2 Å². The molecule has 0 saturated carbocycles. The maximum Gasteiger partial charge on any atom is 0.222 e. The lowest BCUT2D eigenvalue weighted by atomic mass is 9.94. The molecular weight excluding hydrogens is 262 g/mol. The molecule has 1 amide bonds. The van der Waals surface area contributed by atoms with E-state index < -0.39 is 0 Å². The first-order valence-electron chi connectivity index (χ1n) is 8.96. The van der Waals surface area contributed by atoms with Crippen LogP contribution in [0.2, 0.25) is 0 Å². The van der Waals surface area contributed by atoms with E-state index in [1.807, 2.05) is 0 Å². The maximum absolute atomic E-state index is 12.5. The third-order valence-electron chi connectivity index (χ3n) is 5.23. The van der Waals surface area contributed by atoms with Crippen LogP contribution in [0.3, 0.4) is 0 Å². The first kappa shape index (κ1) is 16.8. The second-order valence-corrected chi connectivity index (χ2v) is 6.80. The zero-order chi connectivity index (χ0) is 15.1. The molecule has 0 aromatic rings. The van der Waals surface area contributed by atoms with Crippen LogP contribution in [0.25, 0.3) is 0 Å².